The quantitative estimate of drug-likeness (QED) is 0.670. The highest BCUT2D eigenvalue weighted by atomic mass is 35.5. The molecule has 0 amide bonds. The number of carbonyl (C=O) groups is 1. The van der Waals surface area contributed by atoms with Gasteiger partial charge in [-0.25, -0.2) is 4.79 Å². The Bertz CT molecular complexity index is 888. The van der Waals surface area contributed by atoms with E-state index in [0.29, 0.717) is 16.0 Å². The first kappa shape index (κ1) is 21.0. The normalized spacial score (nSPS) is 14.1. The zero-order valence-corrected chi connectivity index (χ0v) is 18.1. The van der Waals surface area contributed by atoms with E-state index in [1.807, 2.05) is 20.8 Å². The summed E-state index contributed by atoms with van der Waals surface area (Å²) >= 11 is 7.20. The van der Waals surface area contributed by atoms with Crippen molar-refractivity contribution in [3.8, 4) is 0 Å². The Kier molecular flexibility index (Phi) is 5.93. The Balaban J connectivity index is 2.65. The van der Waals surface area contributed by atoms with Gasteiger partial charge in [0.2, 0.25) is 0 Å². The van der Waals surface area contributed by atoms with Crippen LogP contribution in [0.2, 0.25) is 5.02 Å². The molecule has 142 valence electrons. The zero-order valence-electron chi connectivity index (χ0n) is 15.7. The Morgan fingerprint density at radius 3 is 2.38 bits per heavy atom. The third-order valence-electron chi connectivity index (χ3n) is 4.10. The lowest BCUT2D eigenvalue weighted by Crippen LogP contribution is -2.25. The molecule has 8 heteroatoms. The topological polar surface area (TPSA) is 66.8 Å². The van der Waals surface area contributed by atoms with Gasteiger partial charge in [-0.15, -0.1) is 11.3 Å². The van der Waals surface area contributed by atoms with Gasteiger partial charge in [0.15, 0.2) is 0 Å². The average molecular weight is 416 g/mol. The number of hydrogen-bond donors (Lipinski definition) is 1. The zero-order chi connectivity index (χ0) is 19.9. The van der Waals surface area contributed by atoms with E-state index in [1.165, 1.54) is 23.1 Å². The molecule has 0 saturated heterocycles. The SMILES string of the molecule is COP(=O)(c1ccc(Cl)cc1C)N(C)c1cc(C(C)(C)C)sc1C(=O)O. The largest absolute Gasteiger partial charge is 0.477 e. The molecule has 1 aromatic carbocycles. The minimum absolute atomic E-state index is 0.140. The van der Waals surface area contributed by atoms with Gasteiger partial charge in [-0.3, -0.25) is 9.24 Å². The van der Waals surface area contributed by atoms with Gasteiger partial charge in [-0.1, -0.05) is 32.4 Å². The predicted octanol–water partition coefficient (Wildman–Crippen LogP) is 5.31. The molecule has 2 aromatic rings. The number of carboxylic acids is 1. The lowest BCUT2D eigenvalue weighted by molar-refractivity contribution is 0.0703. The lowest BCUT2D eigenvalue weighted by atomic mass is 9.94. The van der Waals surface area contributed by atoms with Crippen molar-refractivity contribution in [3.05, 3.63) is 44.6 Å². The van der Waals surface area contributed by atoms with Crippen molar-refractivity contribution in [1.29, 1.82) is 0 Å². The van der Waals surface area contributed by atoms with E-state index in [-0.39, 0.29) is 10.3 Å². The van der Waals surface area contributed by atoms with Gasteiger partial charge in [0.25, 0.3) is 0 Å². The summed E-state index contributed by atoms with van der Waals surface area (Å²) in [7, 11) is -0.550. The van der Waals surface area contributed by atoms with Crippen LogP contribution in [0.5, 0.6) is 0 Å². The van der Waals surface area contributed by atoms with Crippen molar-refractivity contribution < 1.29 is 19.0 Å². The number of benzene rings is 1. The fourth-order valence-electron chi connectivity index (χ4n) is 2.60. The molecule has 1 heterocycles. The average Bonchev–Trinajstić information content (AvgIpc) is 2.99. The number of halogens is 1. The van der Waals surface area contributed by atoms with Crippen LogP contribution in [-0.4, -0.2) is 25.2 Å². The Morgan fingerprint density at radius 1 is 1.31 bits per heavy atom. The molecular weight excluding hydrogens is 393 g/mol. The van der Waals surface area contributed by atoms with Gasteiger partial charge >= 0.3 is 13.5 Å². The second-order valence-electron chi connectivity index (χ2n) is 7.04. The standard InChI is InChI=1S/C18H23ClNO4PS/c1-11-9-12(19)7-8-14(11)25(23,24-6)20(5)13-10-15(18(2,3)4)26-16(13)17(21)22/h7-10H,1-6H3,(H,21,22). The number of anilines is 1. The van der Waals surface area contributed by atoms with Crippen LogP contribution in [0.4, 0.5) is 5.69 Å². The molecule has 1 atom stereocenters. The fraction of sp³-hybridized carbons (Fsp3) is 0.389. The number of nitrogens with zero attached hydrogens (tertiary/aromatic N) is 1. The van der Waals surface area contributed by atoms with Gasteiger partial charge in [0.1, 0.15) is 4.88 Å². The molecule has 1 aromatic heterocycles. The number of rotatable bonds is 5. The molecule has 0 bridgehead atoms. The fourth-order valence-corrected chi connectivity index (χ4v) is 5.96. The highest BCUT2D eigenvalue weighted by molar-refractivity contribution is 7.68. The summed E-state index contributed by atoms with van der Waals surface area (Å²) in [5.41, 5.74) is 0.880. The lowest BCUT2D eigenvalue weighted by Gasteiger charge is -2.29. The van der Waals surface area contributed by atoms with Crippen molar-refractivity contribution in [2.75, 3.05) is 18.8 Å². The van der Waals surface area contributed by atoms with Gasteiger partial charge in [0.05, 0.1) is 11.0 Å². The Morgan fingerprint density at radius 2 is 1.92 bits per heavy atom. The summed E-state index contributed by atoms with van der Waals surface area (Å²) in [4.78, 5) is 12.8. The van der Waals surface area contributed by atoms with E-state index >= 15 is 0 Å². The molecule has 0 spiro atoms. The van der Waals surface area contributed by atoms with E-state index < -0.39 is 13.5 Å². The summed E-state index contributed by atoms with van der Waals surface area (Å²) in [5.74, 6) is -1.05. The maximum atomic E-state index is 13.7. The summed E-state index contributed by atoms with van der Waals surface area (Å²) in [6.45, 7) is 7.82. The second-order valence-corrected chi connectivity index (χ2v) is 11.0. The van der Waals surface area contributed by atoms with Crippen LogP contribution in [0.25, 0.3) is 0 Å². The van der Waals surface area contributed by atoms with Crippen LogP contribution in [-0.2, 0) is 14.5 Å². The highest BCUT2D eigenvalue weighted by Gasteiger charge is 2.36. The number of hydrogen-bond acceptors (Lipinski definition) is 4. The summed E-state index contributed by atoms with van der Waals surface area (Å²) in [6, 6.07) is 6.80. The second kappa shape index (κ2) is 7.35. The highest BCUT2D eigenvalue weighted by Crippen LogP contribution is 2.53. The van der Waals surface area contributed by atoms with Crippen molar-refractivity contribution in [2.45, 2.75) is 33.1 Å². The molecule has 2 rings (SSSR count). The minimum atomic E-state index is -3.51. The Hall–Kier alpha value is -1.33. The maximum absolute atomic E-state index is 13.7. The number of thiophene rings is 1. The summed E-state index contributed by atoms with van der Waals surface area (Å²) in [5, 5.41) is 10.7. The molecule has 1 unspecified atom stereocenters. The van der Waals surface area contributed by atoms with E-state index in [4.69, 9.17) is 16.1 Å². The third-order valence-corrected chi connectivity index (χ3v) is 8.48. The van der Waals surface area contributed by atoms with Crippen LogP contribution < -0.4 is 9.97 Å². The first-order chi connectivity index (χ1) is 11.9. The van der Waals surface area contributed by atoms with E-state index in [2.05, 4.69) is 0 Å². The van der Waals surface area contributed by atoms with Crippen molar-refractivity contribution in [2.24, 2.45) is 0 Å². The van der Waals surface area contributed by atoms with Crippen LogP contribution in [0, 0.1) is 6.92 Å². The molecule has 0 aliphatic rings. The van der Waals surface area contributed by atoms with E-state index in [9.17, 15) is 14.5 Å². The molecule has 0 aliphatic carbocycles. The molecule has 0 saturated carbocycles. The van der Waals surface area contributed by atoms with Crippen molar-refractivity contribution >= 4 is 47.4 Å². The molecule has 0 radical (unpaired) electrons. The maximum Gasteiger partial charge on any atom is 0.348 e. The van der Waals surface area contributed by atoms with Crippen LogP contribution >= 0.6 is 30.5 Å². The smallest absolute Gasteiger partial charge is 0.348 e. The molecule has 0 fully saturated rings. The third kappa shape index (κ3) is 3.84. The minimum Gasteiger partial charge on any atom is -0.477 e. The molecule has 26 heavy (non-hydrogen) atoms. The van der Waals surface area contributed by atoms with Crippen LogP contribution in [0.15, 0.2) is 24.3 Å². The van der Waals surface area contributed by atoms with Gasteiger partial charge in [-0.05, 0) is 42.2 Å². The predicted molar refractivity (Wildman–Crippen MR) is 109 cm³/mol. The molecular formula is C18H23ClNO4PS. The molecule has 5 nitrogen and oxygen atoms in total. The first-order valence-corrected chi connectivity index (χ1v) is 10.7. The van der Waals surface area contributed by atoms with Crippen LogP contribution in [0.3, 0.4) is 0 Å². The number of aromatic carboxylic acids is 1. The number of carboxylic acid groups (broad SMARTS) is 1. The summed E-state index contributed by atoms with van der Waals surface area (Å²) < 4.78 is 20.6. The van der Waals surface area contributed by atoms with Crippen LogP contribution in [0.1, 0.15) is 40.9 Å². The molecule has 0 aliphatic heterocycles. The number of aryl methyl sites for hydroxylation is 1. The van der Waals surface area contributed by atoms with Crippen molar-refractivity contribution in [3.63, 3.8) is 0 Å². The summed E-state index contributed by atoms with van der Waals surface area (Å²) in [6.07, 6.45) is 0. The molecule has 1 N–H and O–H groups in total. The first-order valence-electron chi connectivity index (χ1n) is 7.96. The van der Waals surface area contributed by atoms with Gasteiger partial charge in [0, 0.05) is 24.1 Å². The van der Waals surface area contributed by atoms with Gasteiger partial charge < -0.3 is 9.63 Å². The van der Waals surface area contributed by atoms with Crippen molar-refractivity contribution in [1.82, 2.24) is 0 Å². The van der Waals surface area contributed by atoms with E-state index in [1.54, 1.807) is 38.2 Å². The van der Waals surface area contributed by atoms with E-state index in [0.717, 1.165) is 10.4 Å². The Labute approximate surface area is 163 Å². The monoisotopic (exact) mass is 415 g/mol. The van der Waals surface area contributed by atoms with Gasteiger partial charge in [-0.2, -0.15) is 0 Å².